The summed E-state index contributed by atoms with van der Waals surface area (Å²) in [5.41, 5.74) is 0. The van der Waals surface area contributed by atoms with E-state index in [1.165, 1.54) is 0 Å². The van der Waals surface area contributed by atoms with Gasteiger partial charge in [-0.2, -0.15) is 21.6 Å². The summed E-state index contributed by atoms with van der Waals surface area (Å²) in [5.74, 6) is 0. The zero-order valence-corrected chi connectivity index (χ0v) is 9.85. The number of nitrogens with one attached hydrogen (secondary N) is 1. The van der Waals surface area contributed by atoms with Crippen LogP contribution in [-0.4, -0.2) is 27.2 Å². The largest absolute Gasteiger partial charge is 0.403 e. The van der Waals surface area contributed by atoms with Gasteiger partial charge < -0.3 is 5.32 Å². The average Bonchev–Trinajstić information content (AvgIpc) is 2.01. The summed E-state index contributed by atoms with van der Waals surface area (Å²) in [6.45, 7) is 0.504. The molecule has 1 fully saturated rings. The maximum absolute atomic E-state index is 11.9. The molecule has 1 rings (SSSR count). The second-order valence-electron chi connectivity index (χ2n) is 2.92. The minimum atomic E-state index is -4.04. The zero-order chi connectivity index (χ0) is 12.1. The Labute approximate surface area is 94.8 Å². The van der Waals surface area contributed by atoms with Crippen molar-refractivity contribution in [1.82, 2.24) is 5.32 Å². The highest BCUT2D eigenvalue weighted by Crippen LogP contribution is 2.25. The fourth-order valence-corrected chi connectivity index (χ4v) is 1.13. The van der Waals surface area contributed by atoms with Gasteiger partial charge in [0.15, 0.2) is 0 Å². The van der Waals surface area contributed by atoms with Gasteiger partial charge in [0.2, 0.25) is 0 Å². The highest BCUT2D eigenvalue weighted by molar-refractivity contribution is 8.31. The third-order valence-electron chi connectivity index (χ3n) is 1.71. The summed E-state index contributed by atoms with van der Waals surface area (Å²) < 4.78 is 54.0. The molecule has 0 aliphatic carbocycles. The Morgan fingerprint density at radius 2 is 1.67 bits per heavy atom. The zero-order valence-electron chi connectivity index (χ0n) is 7.52. The Balaban J connectivity index is 0.000000336. The van der Waals surface area contributed by atoms with Crippen LogP contribution in [-0.2, 0) is 8.26 Å². The molecule has 1 aliphatic heterocycles. The molecule has 92 valence electrons. The Hall–Kier alpha value is 0.280. The second kappa shape index (κ2) is 6.12. The van der Waals surface area contributed by atoms with Gasteiger partial charge in [-0.3, -0.25) is 0 Å². The van der Waals surface area contributed by atoms with E-state index in [1.54, 1.807) is 0 Å². The number of halogens is 5. The fourth-order valence-electron chi connectivity index (χ4n) is 1.13. The normalized spacial score (nSPS) is 22.9. The van der Waals surface area contributed by atoms with Gasteiger partial charge in [-0.15, -0.1) is 0 Å². The molecule has 1 atom stereocenters. The van der Waals surface area contributed by atoms with Gasteiger partial charge in [-0.25, -0.2) is 0 Å². The maximum Gasteiger partial charge on any atom is 0.403 e. The van der Waals surface area contributed by atoms with Crippen LogP contribution in [0.1, 0.15) is 19.3 Å². The van der Waals surface area contributed by atoms with E-state index < -0.39 is 20.5 Å². The SMILES string of the molecule is FC(F)(F)C1CCCCN1.O=S(=O)(Cl)Cl. The number of piperidine rings is 1. The van der Waals surface area contributed by atoms with E-state index in [0.29, 0.717) is 13.0 Å². The van der Waals surface area contributed by atoms with E-state index in [-0.39, 0.29) is 6.42 Å². The minimum Gasteiger partial charge on any atom is -0.306 e. The molecule has 1 unspecified atom stereocenters. The van der Waals surface area contributed by atoms with Crippen LogP contribution in [0.5, 0.6) is 0 Å². The van der Waals surface area contributed by atoms with E-state index in [1.807, 2.05) is 0 Å². The first-order valence-electron chi connectivity index (χ1n) is 4.05. The molecule has 15 heavy (non-hydrogen) atoms. The van der Waals surface area contributed by atoms with Crippen molar-refractivity contribution in [2.24, 2.45) is 0 Å². The van der Waals surface area contributed by atoms with Crippen LogP contribution < -0.4 is 5.32 Å². The first kappa shape index (κ1) is 15.3. The standard InChI is InChI=1S/C6H10F3N.Cl2O2S/c7-6(8,9)5-3-1-2-4-10-5;1-5(2,3)4/h5,10H,1-4H2;. The second-order valence-corrected chi connectivity index (χ2v) is 6.59. The van der Waals surface area contributed by atoms with Crippen molar-refractivity contribution in [2.75, 3.05) is 6.54 Å². The van der Waals surface area contributed by atoms with Crippen molar-refractivity contribution < 1.29 is 21.6 Å². The van der Waals surface area contributed by atoms with Gasteiger partial charge in [0.25, 0.3) is 0 Å². The van der Waals surface area contributed by atoms with Gasteiger partial charge in [0.1, 0.15) is 6.04 Å². The number of alkyl halides is 3. The van der Waals surface area contributed by atoms with Crippen LogP contribution in [0.2, 0.25) is 0 Å². The van der Waals surface area contributed by atoms with E-state index in [4.69, 9.17) is 8.42 Å². The third-order valence-corrected chi connectivity index (χ3v) is 1.71. The molecule has 0 radical (unpaired) electrons. The monoisotopic (exact) mass is 287 g/mol. The lowest BCUT2D eigenvalue weighted by Gasteiger charge is -2.25. The summed E-state index contributed by atoms with van der Waals surface area (Å²) in [6, 6.07) is -1.25. The molecule has 0 spiro atoms. The quantitative estimate of drug-likeness (QED) is 0.696. The fraction of sp³-hybridized carbons (Fsp3) is 1.00. The van der Waals surface area contributed by atoms with Crippen LogP contribution in [0.25, 0.3) is 0 Å². The molecular weight excluding hydrogens is 278 g/mol. The molecule has 0 amide bonds. The van der Waals surface area contributed by atoms with Crippen LogP contribution >= 0.6 is 21.4 Å². The van der Waals surface area contributed by atoms with Crippen molar-refractivity contribution in [3.8, 4) is 0 Å². The molecule has 0 saturated carbocycles. The number of hydrogen-bond donors (Lipinski definition) is 1. The van der Waals surface area contributed by atoms with Crippen molar-refractivity contribution >= 4 is 29.6 Å². The Kier molecular flexibility index (Phi) is 6.24. The maximum atomic E-state index is 11.9. The summed E-state index contributed by atoms with van der Waals surface area (Å²) in [5, 5.41) is 2.43. The van der Waals surface area contributed by atoms with E-state index in [9.17, 15) is 13.2 Å². The van der Waals surface area contributed by atoms with Crippen LogP contribution in [0.3, 0.4) is 0 Å². The first-order chi connectivity index (χ1) is 6.61. The summed E-state index contributed by atoms with van der Waals surface area (Å²) in [4.78, 5) is 0. The summed E-state index contributed by atoms with van der Waals surface area (Å²) in [7, 11) is 4.81. The van der Waals surface area contributed by atoms with Crippen LogP contribution in [0.15, 0.2) is 0 Å². The Morgan fingerprint density at radius 3 is 1.87 bits per heavy atom. The summed E-state index contributed by atoms with van der Waals surface area (Å²) in [6.07, 6.45) is -2.24. The minimum absolute atomic E-state index is 0.240. The average molecular weight is 288 g/mol. The lowest BCUT2D eigenvalue weighted by atomic mass is 10.1. The predicted octanol–water partition coefficient (Wildman–Crippen LogP) is 2.40. The molecule has 9 heteroatoms. The van der Waals surface area contributed by atoms with E-state index in [0.717, 1.165) is 6.42 Å². The first-order valence-corrected chi connectivity index (χ1v) is 7.18. The smallest absolute Gasteiger partial charge is 0.306 e. The molecule has 0 bridgehead atoms. The molecule has 1 heterocycles. The molecule has 3 nitrogen and oxygen atoms in total. The molecule has 1 saturated heterocycles. The van der Waals surface area contributed by atoms with Gasteiger partial charge in [0, 0.05) is 21.4 Å². The Bertz CT molecular complexity index is 267. The lowest BCUT2D eigenvalue weighted by molar-refractivity contribution is -0.160. The topological polar surface area (TPSA) is 46.2 Å². The number of hydrogen-bond acceptors (Lipinski definition) is 3. The van der Waals surface area contributed by atoms with Gasteiger partial charge in [-0.1, -0.05) is 6.42 Å². The van der Waals surface area contributed by atoms with Crippen molar-refractivity contribution in [1.29, 1.82) is 0 Å². The molecule has 1 N–H and O–H groups in total. The highest BCUT2D eigenvalue weighted by atomic mass is 36.0. The van der Waals surface area contributed by atoms with Gasteiger partial charge >= 0.3 is 14.4 Å². The van der Waals surface area contributed by atoms with Crippen molar-refractivity contribution in [2.45, 2.75) is 31.5 Å². The molecular formula is C6H10Cl2F3NO2S. The molecule has 0 aromatic carbocycles. The van der Waals surface area contributed by atoms with E-state index >= 15 is 0 Å². The molecule has 1 aliphatic rings. The third kappa shape index (κ3) is 10.6. The highest BCUT2D eigenvalue weighted by Gasteiger charge is 2.39. The summed E-state index contributed by atoms with van der Waals surface area (Å²) >= 11 is 0. The predicted molar refractivity (Wildman–Crippen MR) is 52.3 cm³/mol. The van der Waals surface area contributed by atoms with E-state index in [2.05, 4.69) is 26.7 Å². The van der Waals surface area contributed by atoms with Gasteiger partial charge in [0.05, 0.1) is 0 Å². The Morgan fingerprint density at radius 1 is 1.20 bits per heavy atom. The lowest BCUT2D eigenvalue weighted by Crippen LogP contribution is -2.45. The molecule has 0 aromatic rings. The van der Waals surface area contributed by atoms with Crippen molar-refractivity contribution in [3.05, 3.63) is 0 Å². The van der Waals surface area contributed by atoms with Gasteiger partial charge in [-0.05, 0) is 19.4 Å². The number of rotatable bonds is 0. The van der Waals surface area contributed by atoms with Crippen LogP contribution in [0.4, 0.5) is 13.2 Å². The molecule has 0 aromatic heterocycles. The van der Waals surface area contributed by atoms with Crippen molar-refractivity contribution in [3.63, 3.8) is 0 Å². The van der Waals surface area contributed by atoms with Crippen LogP contribution in [0, 0.1) is 0 Å².